The van der Waals surface area contributed by atoms with E-state index < -0.39 is 17.5 Å². The van der Waals surface area contributed by atoms with Crippen LogP contribution in [0.5, 0.6) is 11.5 Å². The predicted molar refractivity (Wildman–Crippen MR) is 102 cm³/mol. The van der Waals surface area contributed by atoms with Crippen molar-refractivity contribution in [2.45, 2.75) is 44.7 Å². The molecule has 2 fully saturated rings. The van der Waals surface area contributed by atoms with Crippen LogP contribution in [-0.4, -0.2) is 49.0 Å². The fourth-order valence-corrected chi connectivity index (χ4v) is 4.01. The summed E-state index contributed by atoms with van der Waals surface area (Å²) in [4.78, 5) is 38.7. The van der Waals surface area contributed by atoms with E-state index in [1.165, 1.54) is 0 Å². The first-order valence-electron chi connectivity index (χ1n) is 9.52. The van der Waals surface area contributed by atoms with Crippen LogP contribution in [0.25, 0.3) is 0 Å². The lowest BCUT2D eigenvalue weighted by Crippen LogP contribution is -2.54. The normalized spacial score (nSPS) is 24.2. The van der Waals surface area contributed by atoms with Gasteiger partial charge in [0.2, 0.25) is 5.91 Å². The molecule has 2 N–H and O–H groups in total. The lowest BCUT2D eigenvalue weighted by atomic mass is 9.73. The number of carbonyl (C=O) groups excluding carboxylic acids is 3. The van der Waals surface area contributed by atoms with Crippen LogP contribution in [0, 0.1) is 5.92 Å². The molecule has 1 spiro atoms. The maximum Gasteiger partial charge on any atom is 0.325 e. The molecule has 1 heterocycles. The van der Waals surface area contributed by atoms with Gasteiger partial charge in [0.15, 0.2) is 0 Å². The SMILES string of the molecule is COc1cc(CNC(=O)CN2C(=O)NC3(CCCCC3C)C2=O)cc(OC)c1. The van der Waals surface area contributed by atoms with Crippen LogP contribution in [0.4, 0.5) is 4.79 Å². The second-order valence-corrected chi connectivity index (χ2v) is 7.44. The summed E-state index contributed by atoms with van der Waals surface area (Å²) in [5.41, 5.74) is -0.0606. The molecule has 0 radical (unpaired) electrons. The third-order valence-corrected chi connectivity index (χ3v) is 5.70. The second kappa shape index (κ2) is 8.08. The van der Waals surface area contributed by atoms with Crippen molar-refractivity contribution in [1.82, 2.24) is 15.5 Å². The minimum Gasteiger partial charge on any atom is -0.497 e. The van der Waals surface area contributed by atoms with Gasteiger partial charge < -0.3 is 20.1 Å². The molecule has 152 valence electrons. The van der Waals surface area contributed by atoms with Gasteiger partial charge in [-0.15, -0.1) is 0 Å². The first-order chi connectivity index (χ1) is 13.4. The van der Waals surface area contributed by atoms with Crippen molar-refractivity contribution in [3.8, 4) is 11.5 Å². The van der Waals surface area contributed by atoms with Gasteiger partial charge in [-0.2, -0.15) is 0 Å². The molecule has 28 heavy (non-hydrogen) atoms. The number of rotatable bonds is 6. The van der Waals surface area contributed by atoms with Crippen LogP contribution in [0.1, 0.15) is 38.2 Å². The third kappa shape index (κ3) is 3.76. The predicted octanol–water partition coefficient (Wildman–Crippen LogP) is 1.82. The van der Waals surface area contributed by atoms with Crippen molar-refractivity contribution in [1.29, 1.82) is 0 Å². The molecule has 3 rings (SSSR count). The molecule has 1 aliphatic carbocycles. The van der Waals surface area contributed by atoms with E-state index in [1.54, 1.807) is 32.4 Å². The highest BCUT2D eigenvalue weighted by atomic mass is 16.5. The molecular formula is C20H27N3O5. The number of nitrogens with one attached hydrogen (secondary N) is 2. The highest BCUT2D eigenvalue weighted by molar-refractivity contribution is 6.09. The van der Waals surface area contributed by atoms with Gasteiger partial charge in [-0.05, 0) is 36.5 Å². The second-order valence-electron chi connectivity index (χ2n) is 7.44. The van der Waals surface area contributed by atoms with Crippen molar-refractivity contribution < 1.29 is 23.9 Å². The van der Waals surface area contributed by atoms with Gasteiger partial charge in [0.05, 0.1) is 14.2 Å². The summed E-state index contributed by atoms with van der Waals surface area (Å²) < 4.78 is 10.4. The molecule has 8 heteroatoms. The summed E-state index contributed by atoms with van der Waals surface area (Å²) in [7, 11) is 3.10. The number of methoxy groups -OCH3 is 2. The molecule has 1 aromatic carbocycles. The van der Waals surface area contributed by atoms with Crippen molar-refractivity contribution in [3.63, 3.8) is 0 Å². The number of hydrogen-bond donors (Lipinski definition) is 2. The molecular weight excluding hydrogens is 362 g/mol. The first-order valence-corrected chi connectivity index (χ1v) is 9.52. The van der Waals surface area contributed by atoms with Gasteiger partial charge in [0, 0.05) is 12.6 Å². The number of ether oxygens (including phenoxy) is 2. The molecule has 8 nitrogen and oxygen atoms in total. The summed E-state index contributed by atoms with van der Waals surface area (Å²) in [6.45, 7) is 1.93. The molecule has 2 unspecified atom stereocenters. The number of hydrogen-bond acceptors (Lipinski definition) is 5. The molecule has 0 bridgehead atoms. The number of nitrogens with zero attached hydrogens (tertiary/aromatic N) is 1. The highest BCUT2D eigenvalue weighted by Crippen LogP contribution is 2.38. The van der Waals surface area contributed by atoms with Crippen LogP contribution in [0.3, 0.4) is 0 Å². The van der Waals surface area contributed by atoms with E-state index in [0.29, 0.717) is 17.9 Å². The zero-order valence-electron chi connectivity index (χ0n) is 16.5. The van der Waals surface area contributed by atoms with Crippen LogP contribution in [-0.2, 0) is 16.1 Å². The van der Waals surface area contributed by atoms with Crippen molar-refractivity contribution >= 4 is 17.8 Å². The number of imide groups is 1. The smallest absolute Gasteiger partial charge is 0.325 e. The van der Waals surface area contributed by atoms with E-state index in [9.17, 15) is 14.4 Å². The molecule has 1 saturated heterocycles. The number of benzene rings is 1. The molecule has 2 aliphatic rings. The van der Waals surface area contributed by atoms with Gasteiger partial charge in [0.25, 0.3) is 5.91 Å². The van der Waals surface area contributed by atoms with E-state index in [2.05, 4.69) is 10.6 Å². The van der Waals surface area contributed by atoms with Crippen molar-refractivity contribution in [2.24, 2.45) is 5.92 Å². The Bertz CT molecular complexity index is 759. The van der Waals surface area contributed by atoms with Crippen LogP contribution >= 0.6 is 0 Å². The molecule has 4 amide bonds. The maximum atomic E-state index is 12.9. The Labute approximate surface area is 164 Å². The summed E-state index contributed by atoms with van der Waals surface area (Å²) in [5, 5.41) is 5.60. The van der Waals surface area contributed by atoms with Gasteiger partial charge >= 0.3 is 6.03 Å². The summed E-state index contributed by atoms with van der Waals surface area (Å²) in [5.74, 6) is 0.612. The highest BCUT2D eigenvalue weighted by Gasteiger charge is 2.55. The number of urea groups is 1. The van der Waals surface area contributed by atoms with Crippen LogP contribution < -0.4 is 20.1 Å². The quantitative estimate of drug-likeness (QED) is 0.724. The molecule has 1 aromatic rings. The Hall–Kier alpha value is -2.77. The average Bonchev–Trinajstić information content (AvgIpc) is 2.93. The van der Waals surface area contributed by atoms with Gasteiger partial charge in [-0.1, -0.05) is 19.8 Å². The summed E-state index contributed by atoms with van der Waals surface area (Å²) >= 11 is 0. The average molecular weight is 389 g/mol. The van der Waals surface area contributed by atoms with Crippen LogP contribution in [0.15, 0.2) is 18.2 Å². The van der Waals surface area contributed by atoms with Crippen LogP contribution in [0.2, 0.25) is 0 Å². The summed E-state index contributed by atoms with van der Waals surface area (Å²) in [6.07, 6.45) is 3.47. The fraction of sp³-hybridized carbons (Fsp3) is 0.550. The molecule has 0 aromatic heterocycles. The van der Waals surface area contributed by atoms with E-state index in [-0.39, 0.29) is 24.9 Å². The standard InChI is InChI=1S/C20H27N3O5/c1-13-6-4-5-7-20(13)18(25)23(19(26)22-20)12-17(24)21-11-14-8-15(27-2)10-16(9-14)28-3/h8-10,13H,4-7,11-12H2,1-3H3,(H,21,24)(H,22,26). The van der Waals surface area contributed by atoms with Crippen molar-refractivity contribution in [3.05, 3.63) is 23.8 Å². The maximum absolute atomic E-state index is 12.9. The minimum atomic E-state index is -0.851. The largest absolute Gasteiger partial charge is 0.497 e. The van der Waals surface area contributed by atoms with E-state index in [1.807, 2.05) is 6.92 Å². The van der Waals surface area contributed by atoms with Gasteiger partial charge in [-0.3, -0.25) is 14.5 Å². The number of carbonyl (C=O) groups is 3. The molecule has 1 aliphatic heterocycles. The zero-order chi connectivity index (χ0) is 20.3. The van der Waals surface area contributed by atoms with Crippen molar-refractivity contribution in [2.75, 3.05) is 20.8 Å². The zero-order valence-corrected chi connectivity index (χ0v) is 16.5. The monoisotopic (exact) mass is 389 g/mol. The van der Waals surface area contributed by atoms with E-state index in [0.717, 1.165) is 29.7 Å². The molecule has 2 atom stereocenters. The topological polar surface area (TPSA) is 97.0 Å². The van der Waals surface area contributed by atoms with E-state index >= 15 is 0 Å². The minimum absolute atomic E-state index is 0.0648. The lowest BCUT2D eigenvalue weighted by molar-refractivity contribution is -0.137. The Balaban J connectivity index is 1.62. The third-order valence-electron chi connectivity index (χ3n) is 5.70. The molecule has 1 saturated carbocycles. The lowest BCUT2D eigenvalue weighted by Gasteiger charge is -2.36. The number of amides is 4. The Kier molecular flexibility index (Phi) is 5.76. The van der Waals surface area contributed by atoms with E-state index in [4.69, 9.17) is 9.47 Å². The Morgan fingerprint density at radius 3 is 2.50 bits per heavy atom. The fourth-order valence-electron chi connectivity index (χ4n) is 4.01. The Morgan fingerprint density at radius 2 is 1.89 bits per heavy atom. The summed E-state index contributed by atoms with van der Waals surface area (Å²) in [6, 6.07) is 4.82. The first kappa shape index (κ1) is 20.0. The Morgan fingerprint density at radius 1 is 1.21 bits per heavy atom. The van der Waals surface area contributed by atoms with Gasteiger partial charge in [0.1, 0.15) is 23.6 Å². The van der Waals surface area contributed by atoms with Gasteiger partial charge in [-0.25, -0.2) is 4.79 Å².